The number of ether oxygens (including phenoxy) is 1. The van der Waals surface area contributed by atoms with Gasteiger partial charge in [0.15, 0.2) is 11.5 Å². The SMILES string of the molecule is COCc1c(C(=O)Cc2cccc(Cl)c2)nnn1-c1ccc(C)cc1. The summed E-state index contributed by atoms with van der Waals surface area (Å²) in [5.74, 6) is -0.118. The Morgan fingerprint density at radius 3 is 2.64 bits per heavy atom. The number of ketones is 1. The summed E-state index contributed by atoms with van der Waals surface area (Å²) < 4.78 is 6.91. The van der Waals surface area contributed by atoms with E-state index in [1.807, 2.05) is 43.3 Å². The zero-order valence-electron chi connectivity index (χ0n) is 14.1. The Hall–Kier alpha value is -2.50. The van der Waals surface area contributed by atoms with E-state index in [1.54, 1.807) is 23.9 Å². The van der Waals surface area contributed by atoms with Crippen molar-refractivity contribution < 1.29 is 9.53 Å². The van der Waals surface area contributed by atoms with Crippen molar-refractivity contribution in [1.82, 2.24) is 15.0 Å². The third-order valence-electron chi connectivity index (χ3n) is 3.84. The van der Waals surface area contributed by atoms with Gasteiger partial charge in [0.2, 0.25) is 0 Å². The predicted octanol–water partition coefficient (Wildman–Crippen LogP) is 3.80. The van der Waals surface area contributed by atoms with E-state index in [1.165, 1.54) is 0 Å². The van der Waals surface area contributed by atoms with Gasteiger partial charge in [0.05, 0.1) is 12.3 Å². The number of benzene rings is 2. The molecule has 0 amide bonds. The number of halogens is 1. The molecule has 0 atom stereocenters. The molecule has 128 valence electrons. The van der Waals surface area contributed by atoms with E-state index in [4.69, 9.17) is 16.3 Å². The topological polar surface area (TPSA) is 57.0 Å². The number of carbonyl (C=O) groups excluding carboxylic acids is 1. The van der Waals surface area contributed by atoms with E-state index in [-0.39, 0.29) is 18.8 Å². The molecule has 0 fully saturated rings. The van der Waals surface area contributed by atoms with E-state index in [0.717, 1.165) is 16.8 Å². The Bertz CT molecular complexity index is 888. The molecular weight excluding hydrogens is 338 g/mol. The highest BCUT2D eigenvalue weighted by Crippen LogP contribution is 2.18. The third-order valence-corrected chi connectivity index (χ3v) is 4.08. The van der Waals surface area contributed by atoms with Crippen molar-refractivity contribution in [2.75, 3.05) is 7.11 Å². The molecule has 3 rings (SSSR count). The van der Waals surface area contributed by atoms with Gasteiger partial charge in [0.25, 0.3) is 0 Å². The number of aromatic nitrogens is 3. The van der Waals surface area contributed by atoms with Crippen molar-refractivity contribution in [3.63, 3.8) is 0 Å². The minimum Gasteiger partial charge on any atom is -0.378 e. The van der Waals surface area contributed by atoms with Gasteiger partial charge in [-0.2, -0.15) is 0 Å². The van der Waals surface area contributed by atoms with Crippen molar-refractivity contribution in [3.05, 3.63) is 76.1 Å². The lowest BCUT2D eigenvalue weighted by Gasteiger charge is -2.07. The molecule has 25 heavy (non-hydrogen) atoms. The lowest BCUT2D eigenvalue weighted by molar-refractivity contribution is 0.0982. The van der Waals surface area contributed by atoms with Crippen LogP contribution in [-0.4, -0.2) is 27.9 Å². The Balaban J connectivity index is 1.93. The fourth-order valence-electron chi connectivity index (χ4n) is 2.59. The van der Waals surface area contributed by atoms with Crippen LogP contribution in [0.15, 0.2) is 48.5 Å². The molecule has 0 unspecified atom stereocenters. The van der Waals surface area contributed by atoms with Gasteiger partial charge >= 0.3 is 0 Å². The molecule has 0 aliphatic heterocycles. The monoisotopic (exact) mass is 355 g/mol. The van der Waals surface area contributed by atoms with E-state index in [2.05, 4.69) is 10.3 Å². The van der Waals surface area contributed by atoms with Crippen LogP contribution in [0.4, 0.5) is 0 Å². The van der Waals surface area contributed by atoms with Gasteiger partial charge in [0.1, 0.15) is 5.69 Å². The van der Waals surface area contributed by atoms with Crippen LogP contribution in [0.25, 0.3) is 5.69 Å². The maximum absolute atomic E-state index is 12.7. The minimum atomic E-state index is -0.118. The second kappa shape index (κ2) is 7.59. The smallest absolute Gasteiger partial charge is 0.189 e. The Kier molecular flexibility index (Phi) is 5.26. The summed E-state index contributed by atoms with van der Waals surface area (Å²) in [4.78, 5) is 12.7. The van der Waals surface area contributed by atoms with Crippen LogP contribution in [0.3, 0.4) is 0 Å². The van der Waals surface area contributed by atoms with E-state index >= 15 is 0 Å². The number of methoxy groups -OCH3 is 1. The predicted molar refractivity (Wildman–Crippen MR) is 96.3 cm³/mol. The summed E-state index contributed by atoms with van der Waals surface area (Å²) in [7, 11) is 1.58. The summed E-state index contributed by atoms with van der Waals surface area (Å²) in [6.07, 6.45) is 0.212. The second-order valence-electron chi connectivity index (χ2n) is 5.79. The first-order chi connectivity index (χ1) is 12.1. The molecule has 1 heterocycles. The number of hydrogen-bond acceptors (Lipinski definition) is 4. The fraction of sp³-hybridized carbons (Fsp3) is 0.211. The van der Waals surface area contributed by atoms with Gasteiger partial charge in [-0.15, -0.1) is 5.10 Å². The van der Waals surface area contributed by atoms with Crippen molar-refractivity contribution in [1.29, 1.82) is 0 Å². The lowest BCUT2D eigenvalue weighted by Crippen LogP contribution is -2.10. The maximum Gasteiger partial charge on any atom is 0.189 e. The van der Waals surface area contributed by atoms with Gasteiger partial charge in [-0.05, 0) is 36.8 Å². The van der Waals surface area contributed by atoms with Gasteiger partial charge in [-0.3, -0.25) is 4.79 Å². The normalized spacial score (nSPS) is 10.8. The zero-order valence-corrected chi connectivity index (χ0v) is 14.8. The van der Waals surface area contributed by atoms with Crippen LogP contribution in [0.2, 0.25) is 5.02 Å². The quantitative estimate of drug-likeness (QED) is 0.631. The first kappa shape index (κ1) is 17.3. The first-order valence-corrected chi connectivity index (χ1v) is 8.24. The van der Waals surface area contributed by atoms with Gasteiger partial charge in [-0.25, -0.2) is 4.68 Å². The fourth-order valence-corrected chi connectivity index (χ4v) is 2.81. The zero-order chi connectivity index (χ0) is 17.8. The summed E-state index contributed by atoms with van der Waals surface area (Å²) in [6.45, 7) is 2.26. The van der Waals surface area contributed by atoms with Crippen molar-refractivity contribution >= 4 is 17.4 Å². The largest absolute Gasteiger partial charge is 0.378 e. The molecule has 3 aromatic rings. The lowest BCUT2D eigenvalue weighted by atomic mass is 10.1. The number of rotatable bonds is 6. The van der Waals surface area contributed by atoms with Gasteiger partial charge < -0.3 is 4.74 Å². The summed E-state index contributed by atoms with van der Waals surface area (Å²) in [5.41, 5.74) is 3.79. The Morgan fingerprint density at radius 2 is 1.96 bits per heavy atom. The number of Topliss-reactive ketones (excluding diaryl/α,β-unsaturated/α-hetero) is 1. The molecular formula is C19H18ClN3O2. The molecule has 1 aromatic heterocycles. The Morgan fingerprint density at radius 1 is 1.20 bits per heavy atom. The van der Waals surface area contributed by atoms with Crippen LogP contribution in [0.5, 0.6) is 0 Å². The van der Waals surface area contributed by atoms with Crippen LogP contribution in [0.1, 0.15) is 27.3 Å². The molecule has 0 spiro atoms. The van der Waals surface area contributed by atoms with E-state index < -0.39 is 0 Å². The number of nitrogens with zero attached hydrogens (tertiary/aromatic N) is 3. The molecule has 0 N–H and O–H groups in total. The second-order valence-corrected chi connectivity index (χ2v) is 6.23. The Labute approximate surface area is 151 Å². The molecule has 0 aliphatic carbocycles. The summed E-state index contributed by atoms with van der Waals surface area (Å²) in [5, 5.41) is 8.86. The first-order valence-electron chi connectivity index (χ1n) is 7.86. The molecule has 2 aromatic carbocycles. The van der Waals surface area contributed by atoms with Gasteiger partial charge in [0, 0.05) is 18.6 Å². The molecule has 0 radical (unpaired) electrons. The average molecular weight is 356 g/mol. The minimum absolute atomic E-state index is 0.118. The van der Waals surface area contributed by atoms with Gasteiger partial charge in [-0.1, -0.05) is 46.6 Å². The summed E-state index contributed by atoms with van der Waals surface area (Å²) in [6, 6.07) is 15.1. The van der Waals surface area contributed by atoms with Crippen molar-refractivity contribution in [2.24, 2.45) is 0 Å². The molecule has 0 bridgehead atoms. The average Bonchev–Trinajstić information content (AvgIpc) is 3.00. The molecule has 6 heteroatoms. The summed E-state index contributed by atoms with van der Waals surface area (Å²) >= 11 is 5.99. The number of aryl methyl sites for hydroxylation is 1. The van der Waals surface area contributed by atoms with Crippen molar-refractivity contribution in [3.8, 4) is 5.69 Å². The van der Waals surface area contributed by atoms with Crippen LogP contribution in [0, 0.1) is 6.92 Å². The number of carbonyl (C=O) groups is 1. The molecule has 0 saturated heterocycles. The van der Waals surface area contributed by atoms with Crippen LogP contribution < -0.4 is 0 Å². The molecule has 0 saturated carbocycles. The highest BCUT2D eigenvalue weighted by molar-refractivity contribution is 6.30. The number of hydrogen-bond donors (Lipinski definition) is 0. The highest BCUT2D eigenvalue weighted by Gasteiger charge is 2.20. The molecule has 5 nitrogen and oxygen atoms in total. The maximum atomic E-state index is 12.7. The van der Waals surface area contributed by atoms with E-state index in [0.29, 0.717) is 16.4 Å². The standard InChI is InChI=1S/C19H18ClN3O2/c1-13-6-8-16(9-7-13)23-17(12-25-2)19(21-22-23)18(24)11-14-4-3-5-15(20)10-14/h3-10H,11-12H2,1-2H3. The third kappa shape index (κ3) is 3.95. The molecule has 0 aliphatic rings. The van der Waals surface area contributed by atoms with Crippen molar-refractivity contribution in [2.45, 2.75) is 20.0 Å². The highest BCUT2D eigenvalue weighted by atomic mass is 35.5. The van der Waals surface area contributed by atoms with Crippen LogP contribution in [-0.2, 0) is 17.8 Å². The van der Waals surface area contributed by atoms with E-state index in [9.17, 15) is 4.79 Å². The van der Waals surface area contributed by atoms with Crippen LogP contribution >= 0.6 is 11.6 Å².